The third-order valence-corrected chi connectivity index (χ3v) is 5.41. The fourth-order valence-corrected chi connectivity index (χ4v) is 3.17. The number of hydrogen-bond donors (Lipinski definition) is 2. The van der Waals surface area contributed by atoms with E-state index in [2.05, 4.69) is 15.8 Å². The van der Waals surface area contributed by atoms with Crippen molar-refractivity contribution in [3.63, 3.8) is 0 Å². The maximum Gasteiger partial charge on any atom is 0.288 e. The Bertz CT molecular complexity index is 988. The van der Waals surface area contributed by atoms with E-state index >= 15 is 0 Å². The molecule has 0 unspecified atom stereocenters. The monoisotopic (exact) mass is 404 g/mol. The van der Waals surface area contributed by atoms with E-state index in [-0.39, 0.29) is 16.3 Å². The van der Waals surface area contributed by atoms with E-state index in [4.69, 9.17) is 4.74 Å². The van der Waals surface area contributed by atoms with Crippen LogP contribution in [0.4, 0.5) is 0 Å². The molecule has 1 heterocycles. The number of hydrazine groups is 1. The molecular formula is C18H20N4O5S. The van der Waals surface area contributed by atoms with Crippen molar-refractivity contribution in [1.29, 1.82) is 0 Å². The second kappa shape index (κ2) is 9.11. The number of aromatic nitrogens is 1. The Balaban J connectivity index is 2.09. The Kier molecular flexibility index (Phi) is 6.85. The lowest BCUT2D eigenvalue weighted by molar-refractivity contribution is -0.117. The van der Waals surface area contributed by atoms with Gasteiger partial charge in [0.1, 0.15) is 16.3 Å². The predicted octanol–water partition coefficient (Wildman–Crippen LogP) is 0.815. The molecule has 0 spiro atoms. The number of pyridine rings is 1. The van der Waals surface area contributed by atoms with Gasteiger partial charge in [-0.25, -0.2) is 12.7 Å². The van der Waals surface area contributed by atoms with Gasteiger partial charge < -0.3 is 4.74 Å². The Morgan fingerprint density at radius 3 is 2.50 bits per heavy atom. The van der Waals surface area contributed by atoms with Crippen LogP contribution in [0.15, 0.2) is 53.6 Å². The summed E-state index contributed by atoms with van der Waals surface area (Å²) in [7, 11) is 0.473. The first-order valence-electron chi connectivity index (χ1n) is 8.05. The zero-order valence-electron chi connectivity index (χ0n) is 15.5. The highest BCUT2D eigenvalue weighted by Crippen LogP contribution is 2.27. The van der Waals surface area contributed by atoms with E-state index in [0.29, 0.717) is 5.56 Å². The predicted molar refractivity (Wildman–Crippen MR) is 103 cm³/mol. The number of benzene rings is 1. The average molecular weight is 404 g/mol. The van der Waals surface area contributed by atoms with Crippen LogP contribution in [0.1, 0.15) is 16.1 Å². The number of rotatable bonds is 6. The van der Waals surface area contributed by atoms with Crippen molar-refractivity contribution in [3.8, 4) is 5.75 Å². The first kappa shape index (κ1) is 21.1. The summed E-state index contributed by atoms with van der Waals surface area (Å²) in [5.74, 6) is -0.971. The van der Waals surface area contributed by atoms with Crippen LogP contribution in [0.25, 0.3) is 6.08 Å². The lowest BCUT2D eigenvalue weighted by Gasteiger charge is -2.15. The van der Waals surface area contributed by atoms with E-state index in [9.17, 15) is 18.0 Å². The minimum atomic E-state index is -3.72. The zero-order chi connectivity index (χ0) is 20.7. The highest BCUT2D eigenvalue weighted by atomic mass is 32.2. The van der Waals surface area contributed by atoms with Gasteiger partial charge in [0, 0.05) is 26.4 Å². The Labute approximate surface area is 163 Å². The largest absolute Gasteiger partial charge is 0.495 e. The number of nitrogens with zero attached hydrogens (tertiary/aromatic N) is 2. The van der Waals surface area contributed by atoms with Crippen molar-refractivity contribution in [2.75, 3.05) is 21.2 Å². The summed E-state index contributed by atoms with van der Waals surface area (Å²) < 4.78 is 31.0. The SMILES string of the molecule is COc1ccc(/C=C/C(=O)NNC(=O)c2ccccn2)cc1S(=O)(=O)N(C)C. The van der Waals surface area contributed by atoms with E-state index in [1.54, 1.807) is 18.2 Å². The molecule has 0 aliphatic carbocycles. The quantitative estimate of drug-likeness (QED) is 0.544. The molecule has 2 N–H and O–H groups in total. The molecule has 2 amide bonds. The third kappa shape index (κ3) is 5.15. The first-order chi connectivity index (χ1) is 13.3. The molecule has 0 saturated heterocycles. The van der Waals surface area contributed by atoms with Crippen molar-refractivity contribution < 1.29 is 22.7 Å². The summed E-state index contributed by atoms with van der Waals surface area (Å²) in [6.07, 6.45) is 4.03. The van der Waals surface area contributed by atoms with Gasteiger partial charge in [-0.15, -0.1) is 0 Å². The van der Waals surface area contributed by atoms with E-state index in [1.807, 2.05) is 0 Å². The number of hydrogen-bond acceptors (Lipinski definition) is 6. The minimum absolute atomic E-state index is 0.0222. The highest BCUT2D eigenvalue weighted by Gasteiger charge is 2.22. The highest BCUT2D eigenvalue weighted by molar-refractivity contribution is 7.89. The van der Waals surface area contributed by atoms with Gasteiger partial charge in [0.2, 0.25) is 10.0 Å². The van der Waals surface area contributed by atoms with Crippen LogP contribution in [0, 0.1) is 0 Å². The standard InChI is InChI=1S/C18H20N4O5S/c1-22(2)28(25,26)16-12-13(7-9-15(16)27-3)8-10-17(23)20-21-18(24)14-6-4-5-11-19-14/h4-12H,1-3H3,(H,20,23)(H,21,24)/b10-8+. The summed E-state index contributed by atoms with van der Waals surface area (Å²) in [5.41, 5.74) is 5.07. The molecule has 1 aromatic carbocycles. The lowest BCUT2D eigenvalue weighted by atomic mass is 10.2. The summed E-state index contributed by atoms with van der Waals surface area (Å²) in [6, 6.07) is 9.30. The maximum absolute atomic E-state index is 12.4. The van der Waals surface area contributed by atoms with Crippen molar-refractivity contribution in [1.82, 2.24) is 20.1 Å². The van der Waals surface area contributed by atoms with Gasteiger partial charge in [0.25, 0.3) is 11.8 Å². The van der Waals surface area contributed by atoms with Crippen LogP contribution in [-0.4, -0.2) is 50.7 Å². The number of methoxy groups -OCH3 is 1. The molecule has 0 aliphatic rings. The Morgan fingerprint density at radius 1 is 1.14 bits per heavy atom. The Hall–Kier alpha value is -3.24. The molecule has 2 aromatic rings. The van der Waals surface area contributed by atoms with Crippen molar-refractivity contribution in [2.24, 2.45) is 0 Å². The summed E-state index contributed by atoms with van der Waals surface area (Å²) in [5, 5.41) is 0. The average Bonchev–Trinajstić information content (AvgIpc) is 2.70. The summed E-state index contributed by atoms with van der Waals surface area (Å²) >= 11 is 0. The molecule has 0 bridgehead atoms. The smallest absolute Gasteiger partial charge is 0.288 e. The third-order valence-electron chi connectivity index (χ3n) is 3.57. The molecule has 0 atom stereocenters. The van der Waals surface area contributed by atoms with Crippen molar-refractivity contribution in [3.05, 3.63) is 59.9 Å². The fourth-order valence-electron chi connectivity index (χ4n) is 2.09. The Morgan fingerprint density at radius 2 is 1.89 bits per heavy atom. The van der Waals surface area contributed by atoms with Crippen LogP contribution in [0.5, 0.6) is 5.75 Å². The molecular weight excluding hydrogens is 384 g/mol. The van der Waals surface area contributed by atoms with Crippen LogP contribution in [0.2, 0.25) is 0 Å². The molecule has 148 valence electrons. The van der Waals surface area contributed by atoms with E-state index < -0.39 is 21.8 Å². The number of nitrogens with one attached hydrogen (secondary N) is 2. The molecule has 0 radical (unpaired) electrons. The number of carbonyl (C=O) groups is 2. The number of carbonyl (C=O) groups excluding carboxylic acids is 2. The second-order valence-corrected chi connectivity index (χ2v) is 7.81. The van der Waals surface area contributed by atoms with Gasteiger partial charge in [-0.3, -0.25) is 25.4 Å². The minimum Gasteiger partial charge on any atom is -0.495 e. The molecule has 0 aliphatic heterocycles. The summed E-state index contributed by atoms with van der Waals surface area (Å²) in [6.45, 7) is 0. The molecule has 0 saturated carbocycles. The van der Waals surface area contributed by atoms with Gasteiger partial charge in [-0.2, -0.15) is 0 Å². The first-order valence-corrected chi connectivity index (χ1v) is 9.49. The number of amides is 2. The molecule has 28 heavy (non-hydrogen) atoms. The number of ether oxygens (including phenoxy) is 1. The van der Waals surface area contributed by atoms with E-state index in [0.717, 1.165) is 10.4 Å². The van der Waals surface area contributed by atoms with Crippen LogP contribution in [0.3, 0.4) is 0 Å². The van der Waals surface area contributed by atoms with Crippen molar-refractivity contribution >= 4 is 27.9 Å². The zero-order valence-corrected chi connectivity index (χ0v) is 16.4. The molecule has 9 nitrogen and oxygen atoms in total. The van der Waals surface area contributed by atoms with Crippen LogP contribution >= 0.6 is 0 Å². The van der Waals surface area contributed by atoms with Crippen LogP contribution < -0.4 is 15.6 Å². The molecule has 1 aromatic heterocycles. The van der Waals surface area contributed by atoms with Gasteiger partial charge in [-0.1, -0.05) is 12.1 Å². The molecule has 2 rings (SSSR count). The number of sulfonamides is 1. The van der Waals surface area contributed by atoms with Gasteiger partial charge in [0.15, 0.2) is 0 Å². The van der Waals surface area contributed by atoms with Gasteiger partial charge >= 0.3 is 0 Å². The van der Waals surface area contributed by atoms with Crippen molar-refractivity contribution in [2.45, 2.75) is 4.90 Å². The molecule has 0 fully saturated rings. The second-order valence-electron chi connectivity index (χ2n) is 5.69. The topological polar surface area (TPSA) is 118 Å². The fraction of sp³-hybridized carbons (Fsp3) is 0.167. The summed E-state index contributed by atoms with van der Waals surface area (Å²) in [4.78, 5) is 27.5. The van der Waals surface area contributed by atoms with Gasteiger partial charge in [0.05, 0.1) is 7.11 Å². The lowest BCUT2D eigenvalue weighted by Crippen LogP contribution is -2.41. The van der Waals surface area contributed by atoms with Crippen LogP contribution in [-0.2, 0) is 14.8 Å². The normalized spacial score (nSPS) is 11.4. The molecule has 10 heteroatoms. The maximum atomic E-state index is 12.4. The van der Waals surface area contributed by atoms with E-state index in [1.165, 1.54) is 51.7 Å². The van der Waals surface area contributed by atoms with Gasteiger partial charge in [-0.05, 0) is 35.9 Å².